The molecule has 2 rings (SSSR count). The number of carbonyl (C=O) groups excluding carboxylic acids is 4. The third-order valence-electron chi connectivity index (χ3n) is 5.16. The molecule has 218 valence electrons. The van der Waals surface area contributed by atoms with Gasteiger partial charge in [-0.25, -0.2) is 14.4 Å². The van der Waals surface area contributed by atoms with Crippen molar-refractivity contribution in [2.75, 3.05) is 13.3 Å². The summed E-state index contributed by atoms with van der Waals surface area (Å²) in [6, 6.07) is 15.5. The quantitative estimate of drug-likeness (QED) is 0.195. The van der Waals surface area contributed by atoms with E-state index in [9.17, 15) is 23.7 Å². The summed E-state index contributed by atoms with van der Waals surface area (Å²) >= 11 is 0. The molecule has 0 bridgehead atoms. The van der Waals surface area contributed by atoms with Crippen LogP contribution in [-0.2, 0) is 50.9 Å². The highest BCUT2D eigenvalue weighted by Gasteiger charge is 2.28. The van der Waals surface area contributed by atoms with E-state index in [0.717, 1.165) is 11.1 Å². The van der Waals surface area contributed by atoms with Crippen LogP contribution in [0, 0.1) is 0 Å². The highest BCUT2D eigenvalue weighted by Crippen LogP contribution is 2.16. The molecule has 0 aliphatic rings. The van der Waals surface area contributed by atoms with Gasteiger partial charge in [-0.1, -0.05) is 60.7 Å². The van der Waals surface area contributed by atoms with Gasteiger partial charge in [0.15, 0.2) is 14.1 Å². The fourth-order valence-corrected chi connectivity index (χ4v) is 3.67. The Labute approximate surface area is 234 Å². The summed E-state index contributed by atoms with van der Waals surface area (Å²) in [5, 5.41) is 4.95. The van der Waals surface area contributed by atoms with Crippen LogP contribution in [0.4, 0.5) is 4.79 Å². The number of alkyl carbamates (subject to hydrolysis) is 1. The number of nitrogens with one attached hydrogen (secondary N) is 2. The van der Waals surface area contributed by atoms with E-state index in [-0.39, 0.29) is 32.7 Å². The first-order valence-electron chi connectivity index (χ1n) is 12.8. The Balaban J connectivity index is 2.01. The molecule has 2 N–H and O–H groups in total. The first-order valence-corrected chi connectivity index (χ1v) is 14.6. The molecule has 0 radical (unpaired) electrons. The lowest BCUT2D eigenvalue weighted by atomic mass is 10.1. The number of amides is 2. The molecule has 0 aliphatic carbocycles. The summed E-state index contributed by atoms with van der Waals surface area (Å²) < 4.78 is 32.5. The van der Waals surface area contributed by atoms with Crippen molar-refractivity contribution in [3.8, 4) is 0 Å². The van der Waals surface area contributed by atoms with Gasteiger partial charge in [0.05, 0.1) is 6.61 Å². The number of benzene rings is 2. The predicted molar refractivity (Wildman–Crippen MR) is 148 cm³/mol. The Morgan fingerprint density at radius 2 is 1.30 bits per heavy atom. The molecular formula is C28H37N2O9P. The molecular weight excluding hydrogens is 539 g/mol. The highest BCUT2D eigenvalue weighted by molar-refractivity contribution is 7.38. The number of esters is 2. The van der Waals surface area contributed by atoms with Crippen LogP contribution < -0.4 is 10.6 Å². The maximum absolute atomic E-state index is 12.8. The van der Waals surface area contributed by atoms with Crippen molar-refractivity contribution < 1.29 is 42.5 Å². The fourth-order valence-electron chi connectivity index (χ4n) is 3.27. The van der Waals surface area contributed by atoms with Crippen molar-refractivity contribution in [2.24, 2.45) is 0 Å². The summed E-state index contributed by atoms with van der Waals surface area (Å²) in [4.78, 5) is 50.6. The van der Waals surface area contributed by atoms with Gasteiger partial charge in [0.2, 0.25) is 5.91 Å². The van der Waals surface area contributed by atoms with Gasteiger partial charge in [-0.15, -0.1) is 0 Å². The third-order valence-corrected chi connectivity index (χ3v) is 5.73. The van der Waals surface area contributed by atoms with Gasteiger partial charge < -0.3 is 29.4 Å². The van der Waals surface area contributed by atoms with Crippen molar-refractivity contribution in [2.45, 2.75) is 64.5 Å². The Hall–Kier alpha value is -3.69. The largest absolute Gasteiger partial charge is 0.459 e. The van der Waals surface area contributed by atoms with E-state index in [2.05, 4.69) is 10.6 Å². The predicted octanol–water partition coefficient (Wildman–Crippen LogP) is 3.75. The summed E-state index contributed by atoms with van der Waals surface area (Å²) in [5.74, 6) is -2.15. The standard InChI is InChI=1S/C28H37N2O9P/c1-28(2,3)39-27(34)30-22(25(32)36-17-20-11-7-5-8-12-20)15-16-24(31)29-23(19-38-40(4)35)26(33)37-18-21-13-9-6-10-14-21/h5-14,22-23,40H,15-19H2,1-4H3,(H,29,31)(H,30,34). The molecule has 0 aromatic heterocycles. The molecule has 0 fully saturated rings. The van der Waals surface area contributed by atoms with Gasteiger partial charge in [0.25, 0.3) is 0 Å². The first-order chi connectivity index (χ1) is 18.9. The lowest BCUT2D eigenvalue weighted by Gasteiger charge is -2.23. The molecule has 3 atom stereocenters. The average Bonchev–Trinajstić information content (AvgIpc) is 2.90. The zero-order valence-corrected chi connectivity index (χ0v) is 24.1. The number of hydrogen-bond donors (Lipinski definition) is 2. The molecule has 11 nitrogen and oxygen atoms in total. The molecule has 0 saturated carbocycles. The van der Waals surface area contributed by atoms with Crippen LogP contribution in [0.25, 0.3) is 0 Å². The van der Waals surface area contributed by atoms with E-state index in [4.69, 9.17) is 18.7 Å². The average molecular weight is 577 g/mol. The summed E-state index contributed by atoms with van der Waals surface area (Å²) in [5.41, 5.74) is 0.682. The molecule has 3 unspecified atom stereocenters. The highest BCUT2D eigenvalue weighted by atomic mass is 31.1. The van der Waals surface area contributed by atoms with Crippen molar-refractivity contribution in [3.05, 3.63) is 71.8 Å². The molecule has 40 heavy (non-hydrogen) atoms. The summed E-state index contributed by atoms with van der Waals surface area (Å²) in [6.07, 6.45) is -1.25. The molecule has 2 amide bonds. The van der Waals surface area contributed by atoms with E-state index in [1.807, 2.05) is 12.1 Å². The van der Waals surface area contributed by atoms with E-state index in [1.54, 1.807) is 69.3 Å². The molecule has 12 heteroatoms. The number of ether oxygens (including phenoxy) is 3. The second-order valence-electron chi connectivity index (χ2n) is 9.85. The van der Waals surface area contributed by atoms with Crippen molar-refractivity contribution in [1.29, 1.82) is 0 Å². The van der Waals surface area contributed by atoms with Crippen LogP contribution in [0.2, 0.25) is 0 Å². The topological polar surface area (TPSA) is 146 Å². The maximum atomic E-state index is 12.8. The minimum atomic E-state index is -2.39. The van der Waals surface area contributed by atoms with Crippen LogP contribution in [-0.4, -0.2) is 54.9 Å². The number of hydrogen-bond acceptors (Lipinski definition) is 9. The van der Waals surface area contributed by atoms with Crippen LogP contribution in [0.5, 0.6) is 0 Å². The smallest absolute Gasteiger partial charge is 0.408 e. The second kappa shape index (κ2) is 16.4. The Morgan fingerprint density at radius 3 is 1.77 bits per heavy atom. The van der Waals surface area contributed by atoms with E-state index in [0.29, 0.717) is 0 Å². The molecule has 0 heterocycles. The minimum absolute atomic E-state index is 0.0253. The van der Waals surface area contributed by atoms with Gasteiger partial charge in [-0.2, -0.15) is 0 Å². The summed E-state index contributed by atoms with van der Waals surface area (Å²) in [7, 11) is -2.39. The Bertz CT molecular complexity index is 1140. The lowest BCUT2D eigenvalue weighted by Crippen LogP contribution is -2.47. The Kier molecular flexibility index (Phi) is 13.4. The molecule has 2 aromatic carbocycles. The molecule has 0 aliphatic heterocycles. The van der Waals surface area contributed by atoms with Gasteiger partial charge in [0.1, 0.15) is 24.9 Å². The second-order valence-corrected chi connectivity index (χ2v) is 11.1. The molecule has 2 aromatic rings. The lowest BCUT2D eigenvalue weighted by molar-refractivity contribution is -0.150. The van der Waals surface area contributed by atoms with Crippen LogP contribution >= 0.6 is 8.03 Å². The van der Waals surface area contributed by atoms with Gasteiger partial charge in [-0.3, -0.25) is 9.36 Å². The first kappa shape index (κ1) is 32.5. The number of rotatable bonds is 14. The van der Waals surface area contributed by atoms with Gasteiger partial charge >= 0.3 is 18.0 Å². The van der Waals surface area contributed by atoms with Gasteiger partial charge in [0, 0.05) is 13.1 Å². The zero-order chi connectivity index (χ0) is 29.5. The molecule has 0 saturated heterocycles. The van der Waals surface area contributed by atoms with Crippen LogP contribution in [0.3, 0.4) is 0 Å². The normalized spacial score (nSPS) is 13.3. The fraction of sp³-hybridized carbons (Fsp3) is 0.429. The van der Waals surface area contributed by atoms with E-state index < -0.39 is 49.7 Å². The van der Waals surface area contributed by atoms with Crippen LogP contribution in [0.15, 0.2) is 60.7 Å². The van der Waals surface area contributed by atoms with E-state index >= 15 is 0 Å². The van der Waals surface area contributed by atoms with Crippen molar-refractivity contribution in [1.82, 2.24) is 10.6 Å². The van der Waals surface area contributed by atoms with Crippen molar-refractivity contribution >= 4 is 32.0 Å². The van der Waals surface area contributed by atoms with Crippen molar-refractivity contribution in [3.63, 3.8) is 0 Å². The SMILES string of the molecule is C[PH](=O)OCC(NC(=O)CCC(NC(=O)OC(C)(C)C)C(=O)OCc1ccccc1)C(=O)OCc1ccccc1. The monoisotopic (exact) mass is 576 g/mol. The third kappa shape index (κ3) is 13.4. The minimum Gasteiger partial charge on any atom is -0.459 e. The maximum Gasteiger partial charge on any atom is 0.408 e. The number of carbonyl (C=O) groups is 4. The van der Waals surface area contributed by atoms with E-state index in [1.165, 1.54) is 6.66 Å². The molecule has 0 spiro atoms. The zero-order valence-electron chi connectivity index (χ0n) is 23.1. The van der Waals surface area contributed by atoms with Crippen LogP contribution in [0.1, 0.15) is 44.7 Å². The Morgan fingerprint density at radius 1 is 0.800 bits per heavy atom. The van der Waals surface area contributed by atoms with Gasteiger partial charge in [-0.05, 0) is 38.3 Å². The summed E-state index contributed by atoms with van der Waals surface area (Å²) in [6.45, 7) is 5.97.